The lowest BCUT2D eigenvalue weighted by atomic mass is 9.74. The van der Waals surface area contributed by atoms with E-state index in [1.54, 1.807) is 14.2 Å². The lowest BCUT2D eigenvalue weighted by Crippen LogP contribution is -2.65. The molecule has 0 saturated carbocycles. The molecule has 0 aliphatic carbocycles. The van der Waals surface area contributed by atoms with Crippen molar-refractivity contribution in [3.63, 3.8) is 0 Å². The van der Waals surface area contributed by atoms with Crippen LogP contribution in [0.4, 0.5) is 0 Å². The van der Waals surface area contributed by atoms with Gasteiger partial charge in [-0.15, -0.1) is 0 Å². The molecule has 2 aliphatic heterocycles. The van der Waals surface area contributed by atoms with Gasteiger partial charge in [-0.25, -0.2) is 0 Å². The zero-order valence-corrected chi connectivity index (χ0v) is 30.2. The van der Waals surface area contributed by atoms with Crippen molar-refractivity contribution in [1.82, 2.24) is 0 Å². The molecule has 13 atom stereocenters. The second kappa shape index (κ2) is 17.7. The van der Waals surface area contributed by atoms with Gasteiger partial charge in [-0.05, 0) is 35.6 Å². The maximum absolute atomic E-state index is 11.6. The molecular weight excluding hydrogens is 612 g/mol. The zero-order chi connectivity index (χ0) is 35.0. The van der Waals surface area contributed by atoms with Crippen LogP contribution < -0.4 is 4.74 Å². The fraction of sp³-hybridized carbons (Fsp3) is 0.692. The summed E-state index contributed by atoms with van der Waals surface area (Å²) in [6, 6.07) is 17.7. The summed E-state index contributed by atoms with van der Waals surface area (Å²) in [4.78, 5) is 0. The van der Waals surface area contributed by atoms with E-state index in [0.29, 0.717) is 39.3 Å². The third kappa shape index (κ3) is 9.37. The first-order valence-corrected chi connectivity index (χ1v) is 17.7. The van der Waals surface area contributed by atoms with Gasteiger partial charge in [0.1, 0.15) is 11.9 Å². The van der Waals surface area contributed by atoms with E-state index in [-0.39, 0.29) is 47.7 Å². The Bertz CT molecular complexity index is 1210. The van der Waals surface area contributed by atoms with Gasteiger partial charge in [0.25, 0.3) is 0 Å². The lowest BCUT2D eigenvalue weighted by Gasteiger charge is -2.56. The fourth-order valence-electron chi connectivity index (χ4n) is 7.60. The van der Waals surface area contributed by atoms with Gasteiger partial charge in [-0.3, -0.25) is 0 Å². The monoisotopic (exact) mass is 672 g/mol. The van der Waals surface area contributed by atoms with Gasteiger partial charge < -0.3 is 43.7 Å². The van der Waals surface area contributed by atoms with Crippen LogP contribution >= 0.6 is 0 Å². The van der Waals surface area contributed by atoms with E-state index in [2.05, 4.69) is 13.8 Å². The summed E-state index contributed by atoms with van der Waals surface area (Å²) < 4.78 is 36.8. The molecule has 2 aromatic rings. The molecule has 0 amide bonds. The number of hydrogen-bond donors (Lipinski definition) is 3. The Morgan fingerprint density at radius 1 is 0.771 bits per heavy atom. The van der Waals surface area contributed by atoms with Gasteiger partial charge in [-0.2, -0.15) is 0 Å². The van der Waals surface area contributed by atoms with Crippen LogP contribution in [-0.2, 0) is 36.9 Å². The van der Waals surface area contributed by atoms with Gasteiger partial charge in [-0.1, -0.05) is 84.0 Å². The second-order valence-corrected chi connectivity index (χ2v) is 14.6. The minimum Gasteiger partial charge on any atom is -0.497 e. The molecule has 2 aliphatic rings. The Hall–Kier alpha value is -2.08. The average Bonchev–Trinajstić information content (AvgIpc) is 3.10. The predicted octanol–water partition coefficient (Wildman–Crippen LogP) is 5.62. The molecule has 0 bridgehead atoms. The standard InChI is InChI=1S/C39H60O9/c1-24-18-34(40)39(47-37(24)28(5)35(41)25(2)20-45-22-30-12-10-9-11-13-30)19-33(44-8)27(4)38(48-39)29(6)36(42)26(3)21-46-23-31-14-16-32(43-7)17-15-31/h9-17,24-29,33-38,40-42H,18-23H2,1-8H3/t24-,25-,26-,27+,28-,29+,33+,34-,35-,36-,37-,38-,39+/m0/s1. The smallest absolute Gasteiger partial charge is 0.197 e. The van der Waals surface area contributed by atoms with Crippen molar-refractivity contribution in [2.24, 2.45) is 35.5 Å². The van der Waals surface area contributed by atoms with Crippen LogP contribution in [0.1, 0.15) is 65.5 Å². The van der Waals surface area contributed by atoms with Crippen LogP contribution in [0.3, 0.4) is 0 Å². The minimum absolute atomic E-state index is 0.0130. The maximum atomic E-state index is 11.6. The molecule has 9 heteroatoms. The molecule has 2 heterocycles. The Balaban J connectivity index is 1.40. The molecule has 3 N–H and O–H groups in total. The van der Waals surface area contributed by atoms with Crippen molar-refractivity contribution in [2.45, 2.75) is 110 Å². The first-order chi connectivity index (χ1) is 22.9. The molecule has 0 radical (unpaired) electrons. The number of rotatable bonds is 16. The lowest BCUT2D eigenvalue weighted by molar-refractivity contribution is -0.391. The zero-order valence-electron chi connectivity index (χ0n) is 30.2. The number of ether oxygens (including phenoxy) is 6. The molecular formula is C39H60O9. The maximum Gasteiger partial charge on any atom is 0.197 e. The van der Waals surface area contributed by atoms with Crippen LogP contribution in [0.15, 0.2) is 54.6 Å². The third-order valence-corrected chi connectivity index (χ3v) is 10.8. The van der Waals surface area contributed by atoms with Gasteiger partial charge in [0.15, 0.2) is 5.79 Å². The number of benzene rings is 2. The molecule has 2 aromatic carbocycles. The quantitative estimate of drug-likeness (QED) is 0.209. The largest absolute Gasteiger partial charge is 0.497 e. The molecule has 4 rings (SSSR count). The summed E-state index contributed by atoms with van der Waals surface area (Å²) in [6.45, 7) is 13.8. The second-order valence-electron chi connectivity index (χ2n) is 14.6. The van der Waals surface area contributed by atoms with E-state index >= 15 is 0 Å². The van der Waals surface area contributed by atoms with Crippen LogP contribution in [-0.4, -0.2) is 85.2 Å². The van der Waals surface area contributed by atoms with Gasteiger partial charge >= 0.3 is 0 Å². The highest BCUT2D eigenvalue weighted by Gasteiger charge is 2.57. The van der Waals surface area contributed by atoms with Gasteiger partial charge in [0.2, 0.25) is 0 Å². The molecule has 270 valence electrons. The van der Waals surface area contributed by atoms with E-state index in [1.807, 2.05) is 82.3 Å². The highest BCUT2D eigenvalue weighted by molar-refractivity contribution is 5.26. The van der Waals surface area contributed by atoms with Gasteiger partial charge in [0, 0.05) is 43.1 Å². The third-order valence-electron chi connectivity index (χ3n) is 10.8. The average molecular weight is 673 g/mol. The number of hydrogen-bond acceptors (Lipinski definition) is 9. The van der Waals surface area contributed by atoms with Gasteiger partial charge in [0.05, 0.1) is 64.1 Å². The van der Waals surface area contributed by atoms with E-state index in [1.165, 1.54) is 0 Å². The first-order valence-electron chi connectivity index (χ1n) is 17.7. The van der Waals surface area contributed by atoms with E-state index in [0.717, 1.165) is 16.9 Å². The predicted molar refractivity (Wildman–Crippen MR) is 184 cm³/mol. The summed E-state index contributed by atoms with van der Waals surface area (Å²) >= 11 is 0. The summed E-state index contributed by atoms with van der Waals surface area (Å²) in [5, 5.41) is 34.5. The minimum atomic E-state index is -1.32. The Kier molecular flexibility index (Phi) is 14.3. The molecule has 2 saturated heterocycles. The van der Waals surface area contributed by atoms with Crippen LogP contribution in [0.5, 0.6) is 5.75 Å². The number of aliphatic hydroxyl groups excluding tert-OH is 3. The van der Waals surface area contributed by atoms with Crippen molar-refractivity contribution in [3.8, 4) is 5.75 Å². The SMILES string of the molecule is COc1ccc(COC[C@H](C)[C@H](O)[C@@H](C)[C@H]2O[C@@]3(C[C@@H](OC)[C@H]2C)O[C@H]([C@@H](C)[C@@H](O)[C@@H](C)COCc2ccccc2)[C@@H](C)C[C@@H]3O)cc1. The normalized spacial score (nSPS) is 31.5. The van der Waals surface area contributed by atoms with E-state index in [4.69, 9.17) is 28.4 Å². The summed E-state index contributed by atoms with van der Waals surface area (Å²) in [7, 11) is 3.31. The molecule has 2 fully saturated rings. The number of aliphatic hydroxyl groups is 3. The Labute approximate surface area is 287 Å². The summed E-state index contributed by atoms with van der Waals surface area (Å²) in [5.74, 6) is -1.44. The Morgan fingerprint density at radius 3 is 1.83 bits per heavy atom. The van der Waals surface area contributed by atoms with Crippen molar-refractivity contribution in [3.05, 3.63) is 65.7 Å². The Morgan fingerprint density at radius 2 is 1.29 bits per heavy atom. The molecule has 0 unspecified atom stereocenters. The van der Waals surface area contributed by atoms with Crippen molar-refractivity contribution >= 4 is 0 Å². The highest BCUT2D eigenvalue weighted by Crippen LogP contribution is 2.47. The van der Waals surface area contributed by atoms with Crippen molar-refractivity contribution in [2.75, 3.05) is 27.4 Å². The van der Waals surface area contributed by atoms with Crippen LogP contribution in [0.2, 0.25) is 0 Å². The topological polar surface area (TPSA) is 116 Å². The molecule has 9 nitrogen and oxygen atoms in total. The van der Waals surface area contributed by atoms with E-state index < -0.39 is 30.2 Å². The number of methoxy groups -OCH3 is 2. The van der Waals surface area contributed by atoms with E-state index in [9.17, 15) is 15.3 Å². The summed E-state index contributed by atoms with van der Waals surface area (Å²) in [5.41, 5.74) is 2.12. The highest BCUT2D eigenvalue weighted by atomic mass is 16.7. The van der Waals surface area contributed by atoms with Crippen molar-refractivity contribution < 1.29 is 43.7 Å². The summed E-state index contributed by atoms with van der Waals surface area (Å²) in [6.07, 6.45) is -2.55. The first kappa shape index (κ1) is 38.7. The van der Waals surface area contributed by atoms with Crippen molar-refractivity contribution in [1.29, 1.82) is 0 Å². The molecule has 48 heavy (non-hydrogen) atoms. The molecule has 0 aromatic heterocycles. The molecule has 1 spiro atoms. The fourth-order valence-corrected chi connectivity index (χ4v) is 7.60. The van der Waals surface area contributed by atoms with Crippen LogP contribution in [0.25, 0.3) is 0 Å². The van der Waals surface area contributed by atoms with Crippen LogP contribution in [0, 0.1) is 35.5 Å².